The minimum absolute atomic E-state index is 0.287. The summed E-state index contributed by atoms with van der Waals surface area (Å²) < 4.78 is 5.36. The second kappa shape index (κ2) is 6.47. The minimum Gasteiger partial charge on any atom is -0.377 e. The zero-order chi connectivity index (χ0) is 13.5. The van der Waals surface area contributed by atoms with Gasteiger partial charge in [-0.15, -0.1) is 0 Å². The molecular weight excluding hydrogens is 240 g/mol. The average molecular weight is 254 g/mol. The summed E-state index contributed by atoms with van der Waals surface area (Å²) >= 11 is 0. The highest BCUT2D eigenvalue weighted by Crippen LogP contribution is 2.16. The van der Waals surface area contributed by atoms with Crippen molar-refractivity contribution in [3.63, 3.8) is 0 Å². The number of rotatable bonds is 5. The van der Waals surface area contributed by atoms with Gasteiger partial charge in [0.25, 0.3) is 0 Å². The number of hydrogen-bond donors (Lipinski definition) is 1. The first kappa shape index (κ1) is 13.0. The van der Waals surface area contributed by atoms with Gasteiger partial charge in [-0.3, -0.25) is 4.98 Å². The van der Waals surface area contributed by atoms with Gasteiger partial charge in [0.2, 0.25) is 0 Å². The Hall–Kier alpha value is -2.45. The van der Waals surface area contributed by atoms with E-state index < -0.39 is 0 Å². The van der Waals surface area contributed by atoms with Crippen molar-refractivity contribution in [2.75, 3.05) is 11.9 Å². The maximum atomic E-state index is 8.77. The van der Waals surface area contributed by atoms with Crippen molar-refractivity contribution in [3.05, 3.63) is 47.9 Å². The zero-order valence-corrected chi connectivity index (χ0v) is 10.6. The van der Waals surface area contributed by atoms with Crippen LogP contribution in [-0.2, 0) is 11.3 Å². The highest BCUT2D eigenvalue weighted by Gasteiger charge is 2.00. The third-order valence-electron chi connectivity index (χ3n) is 2.42. The lowest BCUT2D eigenvalue weighted by Gasteiger charge is -2.07. The molecule has 0 unspecified atom stereocenters. The molecule has 5 nitrogen and oxygen atoms in total. The van der Waals surface area contributed by atoms with Crippen molar-refractivity contribution in [1.29, 1.82) is 5.26 Å². The maximum Gasteiger partial charge on any atom is 0.161 e. The van der Waals surface area contributed by atoms with Crippen LogP contribution in [0.1, 0.15) is 18.2 Å². The molecule has 0 radical (unpaired) electrons. The van der Waals surface area contributed by atoms with Gasteiger partial charge in [-0.25, -0.2) is 4.98 Å². The second-order valence-corrected chi connectivity index (χ2v) is 3.86. The molecule has 1 aromatic carbocycles. The molecule has 0 spiro atoms. The lowest BCUT2D eigenvalue weighted by Crippen LogP contribution is -1.98. The second-order valence-electron chi connectivity index (χ2n) is 3.86. The summed E-state index contributed by atoms with van der Waals surface area (Å²) in [5.74, 6) is 0.549. The molecule has 0 saturated carbocycles. The highest BCUT2D eigenvalue weighted by atomic mass is 16.5. The van der Waals surface area contributed by atoms with E-state index in [1.54, 1.807) is 6.20 Å². The van der Waals surface area contributed by atoms with E-state index in [-0.39, 0.29) is 5.69 Å². The Bertz CT molecular complexity index is 592. The fourth-order valence-corrected chi connectivity index (χ4v) is 1.59. The lowest BCUT2D eigenvalue weighted by atomic mass is 10.2. The molecule has 0 bridgehead atoms. The Morgan fingerprint density at radius 2 is 2.26 bits per heavy atom. The molecule has 0 saturated heterocycles. The van der Waals surface area contributed by atoms with E-state index in [4.69, 9.17) is 10.00 Å². The molecule has 0 atom stereocenters. The van der Waals surface area contributed by atoms with Crippen LogP contribution in [0.3, 0.4) is 0 Å². The summed E-state index contributed by atoms with van der Waals surface area (Å²) in [4.78, 5) is 8.06. The van der Waals surface area contributed by atoms with Gasteiger partial charge in [-0.2, -0.15) is 5.26 Å². The summed E-state index contributed by atoms with van der Waals surface area (Å²) in [6.07, 6.45) is 3.01. The van der Waals surface area contributed by atoms with Crippen LogP contribution in [0.25, 0.3) is 0 Å². The Balaban J connectivity index is 2.12. The Kier molecular flexibility index (Phi) is 4.43. The van der Waals surface area contributed by atoms with Crippen LogP contribution in [0.2, 0.25) is 0 Å². The number of benzene rings is 1. The van der Waals surface area contributed by atoms with E-state index in [0.29, 0.717) is 19.0 Å². The Labute approximate surface area is 111 Å². The Morgan fingerprint density at radius 1 is 1.37 bits per heavy atom. The normalized spacial score (nSPS) is 9.89. The minimum atomic E-state index is 0.287. The van der Waals surface area contributed by atoms with Gasteiger partial charge in [0.1, 0.15) is 11.9 Å². The molecule has 0 amide bonds. The molecule has 0 aliphatic heterocycles. The summed E-state index contributed by atoms with van der Waals surface area (Å²) in [6.45, 7) is 3.23. The van der Waals surface area contributed by atoms with E-state index in [1.165, 1.54) is 6.20 Å². The maximum absolute atomic E-state index is 8.77. The van der Waals surface area contributed by atoms with E-state index in [0.717, 1.165) is 11.3 Å². The van der Waals surface area contributed by atoms with Gasteiger partial charge in [-0.05, 0) is 24.6 Å². The molecular formula is C14H14N4O. The largest absolute Gasteiger partial charge is 0.377 e. The topological polar surface area (TPSA) is 70.8 Å². The molecule has 1 N–H and O–H groups in total. The van der Waals surface area contributed by atoms with Crippen molar-refractivity contribution in [1.82, 2.24) is 9.97 Å². The molecule has 2 aromatic rings. The van der Waals surface area contributed by atoms with Crippen LogP contribution in [-0.4, -0.2) is 16.6 Å². The van der Waals surface area contributed by atoms with Crippen LogP contribution >= 0.6 is 0 Å². The van der Waals surface area contributed by atoms with Gasteiger partial charge in [0.05, 0.1) is 19.0 Å². The molecule has 0 aliphatic carbocycles. The van der Waals surface area contributed by atoms with Crippen molar-refractivity contribution in [2.45, 2.75) is 13.5 Å². The quantitative estimate of drug-likeness (QED) is 0.888. The molecule has 5 heteroatoms. The first-order valence-electron chi connectivity index (χ1n) is 5.97. The highest BCUT2D eigenvalue weighted by molar-refractivity contribution is 5.56. The molecule has 1 heterocycles. The monoisotopic (exact) mass is 254 g/mol. The molecule has 19 heavy (non-hydrogen) atoms. The summed E-state index contributed by atoms with van der Waals surface area (Å²) in [6, 6.07) is 9.81. The number of hydrogen-bond acceptors (Lipinski definition) is 5. The molecule has 96 valence electrons. The number of nitriles is 1. The van der Waals surface area contributed by atoms with Gasteiger partial charge in [0.15, 0.2) is 5.69 Å². The van der Waals surface area contributed by atoms with E-state index in [1.807, 2.05) is 37.3 Å². The number of aromatic nitrogens is 2. The average Bonchev–Trinajstić information content (AvgIpc) is 2.46. The van der Waals surface area contributed by atoms with Crippen LogP contribution < -0.4 is 5.32 Å². The third-order valence-corrected chi connectivity index (χ3v) is 2.42. The van der Waals surface area contributed by atoms with Gasteiger partial charge >= 0.3 is 0 Å². The van der Waals surface area contributed by atoms with Gasteiger partial charge in [-0.1, -0.05) is 12.1 Å². The Morgan fingerprint density at radius 3 is 3.05 bits per heavy atom. The number of nitrogens with zero attached hydrogens (tertiary/aromatic N) is 3. The van der Waals surface area contributed by atoms with E-state index >= 15 is 0 Å². The first-order valence-corrected chi connectivity index (χ1v) is 5.97. The molecule has 0 aliphatic rings. The summed E-state index contributed by atoms with van der Waals surface area (Å²) in [7, 11) is 0. The summed E-state index contributed by atoms with van der Waals surface area (Å²) in [5.41, 5.74) is 2.26. The van der Waals surface area contributed by atoms with Crippen molar-refractivity contribution >= 4 is 11.5 Å². The zero-order valence-electron chi connectivity index (χ0n) is 10.6. The fourth-order valence-electron chi connectivity index (χ4n) is 1.59. The van der Waals surface area contributed by atoms with Crippen LogP contribution in [0.15, 0.2) is 36.7 Å². The predicted molar refractivity (Wildman–Crippen MR) is 71.8 cm³/mol. The van der Waals surface area contributed by atoms with Crippen LogP contribution in [0, 0.1) is 11.3 Å². The molecule has 1 aromatic heterocycles. The van der Waals surface area contributed by atoms with Crippen molar-refractivity contribution in [3.8, 4) is 6.07 Å². The van der Waals surface area contributed by atoms with Crippen LogP contribution in [0.4, 0.5) is 11.5 Å². The van der Waals surface area contributed by atoms with Crippen molar-refractivity contribution < 1.29 is 4.74 Å². The van der Waals surface area contributed by atoms with E-state index in [9.17, 15) is 0 Å². The molecule has 0 fully saturated rings. The molecule has 2 rings (SSSR count). The van der Waals surface area contributed by atoms with Gasteiger partial charge in [0, 0.05) is 12.3 Å². The first-order chi connectivity index (χ1) is 9.31. The fraction of sp³-hybridized carbons (Fsp3) is 0.214. The lowest BCUT2D eigenvalue weighted by molar-refractivity contribution is 0.134. The van der Waals surface area contributed by atoms with Gasteiger partial charge < -0.3 is 10.1 Å². The third kappa shape index (κ3) is 3.76. The van der Waals surface area contributed by atoms with E-state index in [2.05, 4.69) is 15.3 Å². The number of nitrogens with one attached hydrogen (secondary N) is 1. The van der Waals surface area contributed by atoms with Crippen LogP contribution in [0.5, 0.6) is 0 Å². The SMILES string of the molecule is CCOCc1cccc(Nc2cncc(C#N)n2)c1. The number of ether oxygens (including phenoxy) is 1. The summed E-state index contributed by atoms with van der Waals surface area (Å²) in [5, 5.41) is 11.9. The number of anilines is 2. The van der Waals surface area contributed by atoms with Crippen molar-refractivity contribution in [2.24, 2.45) is 0 Å². The predicted octanol–water partition coefficient (Wildman–Crippen LogP) is 2.63. The standard InChI is InChI=1S/C14H14N4O/c1-2-19-10-11-4-3-5-12(6-11)17-14-9-16-8-13(7-15)18-14/h3-6,8-9H,2,10H2,1H3,(H,17,18). The smallest absolute Gasteiger partial charge is 0.161 e.